The quantitative estimate of drug-likeness (QED) is 0.872. The van der Waals surface area contributed by atoms with Gasteiger partial charge in [-0.1, -0.05) is 32.0 Å². The SMILES string of the molecule is Cc1cccc(C(C)C)c1NC(=O)CC1(N)CCC1. The van der Waals surface area contributed by atoms with E-state index in [4.69, 9.17) is 5.73 Å². The Bertz CT molecular complexity index is 476. The number of amides is 1. The number of hydrogen-bond acceptors (Lipinski definition) is 2. The molecule has 1 aliphatic carbocycles. The van der Waals surface area contributed by atoms with Gasteiger partial charge in [0.05, 0.1) is 0 Å². The number of para-hydroxylation sites is 1. The van der Waals surface area contributed by atoms with Crippen LogP contribution in [0.2, 0.25) is 0 Å². The molecular formula is C16H24N2O. The number of carbonyl (C=O) groups is 1. The molecule has 104 valence electrons. The monoisotopic (exact) mass is 260 g/mol. The van der Waals surface area contributed by atoms with E-state index in [9.17, 15) is 4.79 Å². The van der Waals surface area contributed by atoms with Crippen molar-refractivity contribution < 1.29 is 4.79 Å². The van der Waals surface area contributed by atoms with Crippen LogP contribution in [0.3, 0.4) is 0 Å². The lowest BCUT2D eigenvalue weighted by Crippen LogP contribution is -2.49. The van der Waals surface area contributed by atoms with E-state index in [2.05, 4.69) is 25.2 Å². The smallest absolute Gasteiger partial charge is 0.226 e. The number of anilines is 1. The molecule has 19 heavy (non-hydrogen) atoms. The fourth-order valence-electron chi connectivity index (χ4n) is 2.65. The maximum absolute atomic E-state index is 12.2. The van der Waals surface area contributed by atoms with Crippen LogP contribution in [0.25, 0.3) is 0 Å². The lowest BCUT2D eigenvalue weighted by Gasteiger charge is -2.37. The molecule has 0 atom stereocenters. The molecule has 0 heterocycles. The van der Waals surface area contributed by atoms with Crippen molar-refractivity contribution in [2.45, 2.75) is 57.9 Å². The highest BCUT2D eigenvalue weighted by molar-refractivity contribution is 5.93. The summed E-state index contributed by atoms with van der Waals surface area (Å²) in [6, 6.07) is 6.15. The predicted molar refractivity (Wildman–Crippen MR) is 79.3 cm³/mol. The number of rotatable bonds is 4. The van der Waals surface area contributed by atoms with E-state index in [0.717, 1.165) is 30.5 Å². The van der Waals surface area contributed by atoms with Crippen molar-refractivity contribution in [3.05, 3.63) is 29.3 Å². The molecule has 1 aromatic carbocycles. The van der Waals surface area contributed by atoms with E-state index < -0.39 is 0 Å². The highest BCUT2D eigenvalue weighted by Gasteiger charge is 2.34. The van der Waals surface area contributed by atoms with Crippen molar-refractivity contribution in [3.63, 3.8) is 0 Å². The van der Waals surface area contributed by atoms with E-state index in [1.807, 2.05) is 19.1 Å². The van der Waals surface area contributed by atoms with Crippen LogP contribution in [0.1, 0.15) is 56.6 Å². The maximum Gasteiger partial charge on any atom is 0.226 e. The zero-order valence-corrected chi connectivity index (χ0v) is 12.1. The van der Waals surface area contributed by atoms with Gasteiger partial charge in [0.15, 0.2) is 0 Å². The molecule has 1 amide bonds. The normalized spacial score (nSPS) is 17.1. The van der Waals surface area contributed by atoms with Gasteiger partial charge < -0.3 is 11.1 Å². The van der Waals surface area contributed by atoms with Crippen molar-refractivity contribution in [2.24, 2.45) is 5.73 Å². The van der Waals surface area contributed by atoms with Crippen LogP contribution < -0.4 is 11.1 Å². The van der Waals surface area contributed by atoms with E-state index in [-0.39, 0.29) is 11.4 Å². The van der Waals surface area contributed by atoms with E-state index in [1.54, 1.807) is 0 Å². The zero-order valence-electron chi connectivity index (χ0n) is 12.1. The molecule has 0 unspecified atom stereocenters. The molecule has 1 fully saturated rings. The number of nitrogens with one attached hydrogen (secondary N) is 1. The molecule has 0 saturated heterocycles. The van der Waals surface area contributed by atoms with Gasteiger partial charge in [-0.15, -0.1) is 0 Å². The van der Waals surface area contributed by atoms with Crippen LogP contribution in [0, 0.1) is 6.92 Å². The number of benzene rings is 1. The minimum Gasteiger partial charge on any atom is -0.326 e. The minimum atomic E-state index is -0.259. The van der Waals surface area contributed by atoms with Crippen molar-refractivity contribution in [3.8, 4) is 0 Å². The van der Waals surface area contributed by atoms with Crippen molar-refractivity contribution in [1.29, 1.82) is 0 Å². The second-order valence-corrected chi connectivity index (χ2v) is 6.13. The molecule has 1 aliphatic rings. The molecule has 1 saturated carbocycles. The molecular weight excluding hydrogens is 236 g/mol. The Morgan fingerprint density at radius 1 is 1.42 bits per heavy atom. The highest BCUT2D eigenvalue weighted by atomic mass is 16.1. The summed E-state index contributed by atoms with van der Waals surface area (Å²) in [6.07, 6.45) is 3.50. The molecule has 0 radical (unpaired) electrons. The summed E-state index contributed by atoms with van der Waals surface area (Å²) in [5.41, 5.74) is 9.14. The average molecular weight is 260 g/mol. The Morgan fingerprint density at radius 2 is 2.11 bits per heavy atom. The van der Waals surface area contributed by atoms with Crippen LogP contribution >= 0.6 is 0 Å². The van der Waals surface area contributed by atoms with Gasteiger partial charge in [-0.05, 0) is 43.2 Å². The predicted octanol–water partition coefficient (Wildman–Crippen LogP) is 3.33. The Labute approximate surface area is 115 Å². The van der Waals surface area contributed by atoms with Crippen molar-refractivity contribution in [2.75, 3.05) is 5.32 Å². The molecule has 0 bridgehead atoms. The van der Waals surface area contributed by atoms with Gasteiger partial charge in [-0.3, -0.25) is 4.79 Å². The first-order valence-electron chi connectivity index (χ1n) is 7.09. The van der Waals surface area contributed by atoms with E-state index in [1.165, 1.54) is 5.56 Å². The Kier molecular flexibility index (Phi) is 3.95. The first-order valence-corrected chi connectivity index (χ1v) is 7.09. The van der Waals surface area contributed by atoms with Gasteiger partial charge in [0.25, 0.3) is 0 Å². The van der Waals surface area contributed by atoms with E-state index in [0.29, 0.717) is 12.3 Å². The summed E-state index contributed by atoms with van der Waals surface area (Å²) in [5.74, 6) is 0.434. The summed E-state index contributed by atoms with van der Waals surface area (Å²) < 4.78 is 0. The summed E-state index contributed by atoms with van der Waals surface area (Å²) >= 11 is 0. The molecule has 0 aromatic heterocycles. The third-order valence-corrected chi connectivity index (χ3v) is 4.05. The fourth-order valence-corrected chi connectivity index (χ4v) is 2.65. The van der Waals surface area contributed by atoms with Gasteiger partial charge in [-0.2, -0.15) is 0 Å². The maximum atomic E-state index is 12.2. The van der Waals surface area contributed by atoms with Gasteiger partial charge >= 0.3 is 0 Å². The van der Waals surface area contributed by atoms with Crippen molar-refractivity contribution in [1.82, 2.24) is 0 Å². The molecule has 3 nitrogen and oxygen atoms in total. The lowest BCUT2D eigenvalue weighted by atomic mass is 9.75. The summed E-state index contributed by atoms with van der Waals surface area (Å²) in [5, 5.41) is 3.07. The molecule has 3 N–H and O–H groups in total. The van der Waals surface area contributed by atoms with Gasteiger partial charge in [0.1, 0.15) is 0 Å². The Balaban J connectivity index is 2.12. The number of aryl methyl sites for hydroxylation is 1. The lowest BCUT2D eigenvalue weighted by molar-refractivity contribution is -0.118. The average Bonchev–Trinajstić information content (AvgIpc) is 2.29. The van der Waals surface area contributed by atoms with Crippen LogP contribution in [-0.4, -0.2) is 11.4 Å². The molecule has 2 rings (SSSR count). The first kappa shape index (κ1) is 14.1. The van der Waals surface area contributed by atoms with Crippen molar-refractivity contribution >= 4 is 11.6 Å². The van der Waals surface area contributed by atoms with Gasteiger partial charge in [0, 0.05) is 17.6 Å². The minimum absolute atomic E-state index is 0.0402. The summed E-state index contributed by atoms with van der Waals surface area (Å²) in [6.45, 7) is 6.31. The van der Waals surface area contributed by atoms with Crippen LogP contribution in [0.15, 0.2) is 18.2 Å². The second kappa shape index (κ2) is 5.33. The standard InChI is InChI=1S/C16H24N2O/c1-11(2)13-7-4-6-12(3)15(13)18-14(19)10-16(17)8-5-9-16/h4,6-7,11H,5,8-10,17H2,1-3H3,(H,18,19). The largest absolute Gasteiger partial charge is 0.326 e. The fraction of sp³-hybridized carbons (Fsp3) is 0.562. The molecule has 3 heteroatoms. The zero-order chi connectivity index (χ0) is 14.0. The highest BCUT2D eigenvalue weighted by Crippen LogP contribution is 2.33. The third-order valence-electron chi connectivity index (χ3n) is 4.05. The Morgan fingerprint density at radius 3 is 2.63 bits per heavy atom. The number of hydrogen-bond donors (Lipinski definition) is 2. The first-order chi connectivity index (χ1) is 8.91. The Hall–Kier alpha value is -1.35. The van der Waals surface area contributed by atoms with Crippen LogP contribution in [0.5, 0.6) is 0 Å². The molecule has 0 spiro atoms. The second-order valence-electron chi connectivity index (χ2n) is 6.13. The van der Waals surface area contributed by atoms with Gasteiger partial charge in [-0.25, -0.2) is 0 Å². The third kappa shape index (κ3) is 3.16. The van der Waals surface area contributed by atoms with Gasteiger partial charge in [0.2, 0.25) is 5.91 Å². The topological polar surface area (TPSA) is 55.1 Å². The van der Waals surface area contributed by atoms with E-state index >= 15 is 0 Å². The van der Waals surface area contributed by atoms with Crippen LogP contribution in [-0.2, 0) is 4.79 Å². The molecule has 0 aliphatic heterocycles. The number of carbonyl (C=O) groups excluding carboxylic acids is 1. The van der Waals surface area contributed by atoms with Crippen LogP contribution in [0.4, 0.5) is 5.69 Å². The summed E-state index contributed by atoms with van der Waals surface area (Å²) in [4.78, 5) is 12.2. The molecule has 1 aromatic rings. The number of nitrogens with two attached hydrogens (primary N) is 1. The summed E-state index contributed by atoms with van der Waals surface area (Å²) in [7, 11) is 0.